The van der Waals surface area contributed by atoms with E-state index in [0.717, 1.165) is 18.2 Å². The van der Waals surface area contributed by atoms with E-state index >= 15 is 0 Å². The van der Waals surface area contributed by atoms with E-state index in [9.17, 15) is 0 Å². The highest BCUT2D eigenvalue weighted by molar-refractivity contribution is 5.45. The Bertz CT molecular complexity index is 523. The summed E-state index contributed by atoms with van der Waals surface area (Å²) in [5.41, 5.74) is 1.76. The number of nitrogens with one attached hydrogen (secondary N) is 1. The van der Waals surface area contributed by atoms with Gasteiger partial charge in [-0.3, -0.25) is 4.90 Å². The summed E-state index contributed by atoms with van der Waals surface area (Å²) in [5, 5.41) is 12.8. The van der Waals surface area contributed by atoms with Crippen molar-refractivity contribution >= 4 is 0 Å². The van der Waals surface area contributed by atoms with Crippen molar-refractivity contribution in [2.75, 3.05) is 20.2 Å². The summed E-state index contributed by atoms with van der Waals surface area (Å²) in [6.45, 7) is 3.33. The Labute approximate surface area is 120 Å². The maximum absolute atomic E-state index is 9.12. The summed E-state index contributed by atoms with van der Waals surface area (Å²) in [6, 6.07) is 9.36. The third-order valence-corrected chi connectivity index (χ3v) is 4.56. The van der Waals surface area contributed by atoms with Gasteiger partial charge in [-0.25, -0.2) is 0 Å². The van der Waals surface area contributed by atoms with Crippen molar-refractivity contribution in [3.63, 3.8) is 0 Å². The van der Waals surface area contributed by atoms with Crippen LogP contribution in [0, 0.1) is 11.3 Å². The molecule has 0 aliphatic carbocycles. The van der Waals surface area contributed by atoms with Gasteiger partial charge in [0.2, 0.25) is 0 Å². The lowest BCUT2D eigenvalue weighted by Gasteiger charge is -2.21. The number of methoxy groups -OCH3 is 1. The third-order valence-electron chi connectivity index (χ3n) is 4.56. The van der Waals surface area contributed by atoms with Crippen molar-refractivity contribution < 1.29 is 4.74 Å². The highest BCUT2D eigenvalue weighted by Gasteiger charge is 2.36. The van der Waals surface area contributed by atoms with E-state index < -0.39 is 0 Å². The SMILES string of the molecule is COc1ccc(CNC2CCN3CCCC23)cc1C#N. The van der Waals surface area contributed by atoms with Crippen LogP contribution in [0.5, 0.6) is 5.75 Å². The largest absolute Gasteiger partial charge is 0.495 e. The number of nitrogens with zero attached hydrogens (tertiary/aromatic N) is 2. The number of nitriles is 1. The van der Waals surface area contributed by atoms with Crippen LogP contribution in [0.3, 0.4) is 0 Å². The topological polar surface area (TPSA) is 48.3 Å². The summed E-state index contributed by atoms with van der Waals surface area (Å²) < 4.78 is 5.18. The molecule has 0 aromatic heterocycles. The lowest BCUT2D eigenvalue weighted by Crippen LogP contribution is -2.38. The number of fused-ring (bicyclic) bond motifs is 1. The highest BCUT2D eigenvalue weighted by Crippen LogP contribution is 2.28. The molecule has 3 rings (SSSR count). The van der Waals surface area contributed by atoms with Gasteiger partial charge < -0.3 is 10.1 Å². The minimum atomic E-state index is 0.602. The molecule has 0 saturated carbocycles. The third kappa shape index (κ3) is 2.52. The lowest BCUT2D eigenvalue weighted by molar-refractivity contribution is 0.298. The molecule has 2 aliphatic heterocycles. The molecule has 20 heavy (non-hydrogen) atoms. The first-order valence-electron chi connectivity index (χ1n) is 7.36. The fourth-order valence-electron chi connectivity index (χ4n) is 3.52. The summed E-state index contributed by atoms with van der Waals surface area (Å²) in [6.07, 6.45) is 3.90. The van der Waals surface area contributed by atoms with Crippen LogP contribution >= 0.6 is 0 Å². The van der Waals surface area contributed by atoms with Crippen molar-refractivity contribution in [3.8, 4) is 11.8 Å². The van der Waals surface area contributed by atoms with Crippen LogP contribution in [0.15, 0.2) is 18.2 Å². The molecule has 2 aliphatic rings. The van der Waals surface area contributed by atoms with Gasteiger partial charge in [0.1, 0.15) is 11.8 Å². The van der Waals surface area contributed by atoms with Crippen LogP contribution in [0.25, 0.3) is 0 Å². The fourth-order valence-corrected chi connectivity index (χ4v) is 3.52. The Balaban J connectivity index is 1.62. The van der Waals surface area contributed by atoms with E-state index in [1.807, 2.05) is 18.2 Å². The minimum absolute atomic E-state index is 0.602. The molecule has 2 heterocycles. The van der Waals surface area contributed by atoms with E-state index in [1.165, 1.54) is 32.4 Å². The molecule has 1 aromatic carbocycles. The maximum atomic E-state index is 9.12. The van der Waals surface area contributed by atoms with Gasteiger partial charge in [0, 0.05) is 25.2 Å². The van der Waals surface area contributed by atoms with E-state index in [1.54, 1.807) is 7.11 Å². The van der Waals surface area contributed by atoms with Gasteiger partial charge in [0.25, 0.3) is 0 Å². The van der Waals surface area contributed by atoms with Crippen LogP contribution in [-0.4, -0.2) is 37.2 Å². The minimum Gasteiger partial charge on any atom is -0.495 e. The van der Waals surface area contributed by atoms with Crippen LogP contribution < -0.4 is 10.1 Å². The molecule has 4 heteroatoms. The monoisotopic (exact) mass is 271 g/mol. The predicted molar refractivity (Wildman–Crippen MR) is 77.5 cm³/mol. The molecule has 2 fully saturated rings. The van der Waals surface area contributed by atoms with Crippen molar-refractivity contribution in [2.24, 2.45) is 0 Å². The van der Waals surface area contributed by atoms with Gasteiger partial charge >= 0.3 is 0 Å². The summed E-state index contributed by atoms with van der Waals surface area (Å²) >= 11 is 0. The summed E-state index contributed by atoms with van der Waals surface area (Å²) in [5.74, 6) is 0.652. The van der Waals surface area contributed by atoms with Crippen molar-refractivity contribution in [1.82, 2.24) is 10.2 Å². The molecular formula is C16H21N3O. The van der Waals surface area contributed by atoms with Crippen molar-refractivity contribution in [2.45, 2.75) is 37.9 Å². The normalized spacial score (nSPS) is 25.4. The first kappa shape index (κ1) is 13.4. The molecule has 0 spiro atoms. The van der Waals surface area contributed by atoms with Crippen molar-refractivity contribution in [1.29, 1.82) is 5.26 Å². The second-order valence-corrected chi connectivity index (χ2v) is 5.67. The Morgan fingerprint density at radius 2 is 2.30 bits per heavy atom. The average Bonchev–Trinajstić information content (AvgIpc) is 3.08. The quantitative estimate of drug-likeness (QED) is 0.908. The van der Waals surface area contributed by atoms with Crippen LogP contribution in [0.4, 0.5) is 0 Å². The zero-order chi connectivity index (χ0) is 13.9. The number of hydrogen-bond donors (Lipinski definition) is 1. The van der Waals surface area contributed by atoms with Crippen molar-refractivity contribution in [3.05, 3.63) is 29.3 Å². The van der Waals surface area contributed by atoms with Crippen LogP contribution in [0.2, 0.25) is 0 Å². The van der Waals surface area contributed by atoms with E-state index in [2.05, 4.69) is 16.3 Å². The molecule has 2 saturated heterocycles. The Morgan fingerprint density at radius 3 is 3.10 bits per heavy atom. The summed E-state index contributed by atoms with van der Waals surface area (Å²) in [7, 11) is 1.60. The number of hydrogen-bond acceptors (Lipinski definition) is 4. The second-order valence-electron chi connectivity index (χ2n) is 5.67. The zero-order valence-corrected chi connectivity index (χ0v) is 11.9. The maximum Gasteiger partial charge on any atom is 0.136 e. The zero-order valence-electron chi connectivity index (χ0n) is 11.9. The van der Waals surface area contributed by atoms with Gasteiger partial charge in [0.15, 0.2) is 0 Å². The van der Waals surface area contributed by atoms with Crippen LogP contribution in [0.1, 0.15) is 30.4 Å². The highest BCUT2D eigenvalue weighted by atomic mass is 16.5. The second kappa shape index (κ2) is 5.82. The fraction of sp³-hybridized carbons (Fsp3) is 0.562. The molecule has 0 amide bonds. The summed E-state index contributed by atoms with van der Waals surface area (Å²) in [4.78, 5) is 2.60. The Hall–Kier alpha value is -1.57. The smallest absolute Gasteiger partial charge is 0.136 e. The lowest BCUT2D eigenvalue weighted by atomic mass is 10.1. The molecule has 2 atom stereocenters. The first-order valence-corrected chi connectivity index (χ1v) is 7.36. The standard InChI is InChI=1S/C16H21N3O/c1-20-16-5-4-12(9-13(16)10-17)11-18-14-6-8-19-7-2-3-15(14)19/h4-5,9,14-15,18H,2-3,6-8,11H2,1H3. The van der Waals surface area contributed by atoms with E-state index in [0.29, 0.717) is 17.4 Å². The molecule has 1 aromatic rings. The van der Waals surface area contributed by atoms with Crippen LogP contribution in [-0.2, 0) is 6.54 Å². The van der Waals surface area contributed by atoms with Gasteiger partial charge in [0.05, 0.1) is 12.7 Å². The molecule has 1 N–H and O–H groups in total. The number of benzene rings is 1. The van der Waals surface area contributed by atoms with E-state index in [-0.39, 0.29) is 0 Å². The number of ether oxygens (including phenoxy) is 1. The van der Waals surface area contributed by atoms with Gasteiger partial charge in [-0.05, 0) is 43.5 Å². The molecule has 4 nitrogen and oxygen atoms in total. The molecule has 106 valence electrons. The average molecular weight is 271 g/mol. The Morgan fingerprint density at radius 1 is 1.40 bits per heavy atom. The molecular weight excluding hydrogens is 250 g/mol. The van der Waals surface area contributed by atoms with Gasteiger partial charge in [-0.2, -0.15) is 5.26 Å². The molecule has 0 bridgehead atoms. The van der Waals surface area contributed by atoms with Gasteiger partial charge in [-0.15, -0.1) is 0 Å². The van der Waals surface area contributed by atoms with E-state index in [4.69, 9.17) is 10.00 Å². The molecule has 2 unspecified atom stereocenters. The number of rotatable bonds is 4. The predicted octanol–water partition coefficient (Wildman–Crippen LogP) is 1.89. The molecule has 0 radical (unpaired) electrons. The first-order chi connectivity index (χ1) is 9.81. The van der Waals surface area contributed by atoms with Gasteiger partial charge in [-0.1, -0.05) is 6.07 Å². The Kier molecular flexibility index (Phi) is 3.90.